The molecular formula is C27H50N2O. The fourth-order valence-corrected chi connectivity index (χ4v) is 6.77. The maximum Gasteiger partial charge on any atom is 0.220 e. The second kappa shape index (κ2) is 11.3. The molecule has 30 heavy (non-hydrogen) atoms. The molecule has 1 aliphatic heterocycles. The van der Waals surface area contributed by atoms with Gasteiger partial charge >= 0.3 is 0 Å². The quantitative estimate of drug-likeness (QED) is 0.530. The molecule has 0 radical (unpaired) electrons. The van der Waals surface area contributed by atoms with Crippen molar-refractivity contribution >= 4 is 5.91 Å². The first kappa shape index (κ1) is 24.1. The van der Waals surface area contributed by atoms with E-state index in [1.54, 1.807) is 0 Å². The average Bonchev–Trinajstić information content (AvgIpc) is 2.69. The van der Waals surface area contributed by atoms with Crippen molar-refractivity contribution in [2.24, 2.45) is 17.3 Å². The van der Waals surface area contributed by atoms with Gasteiger partial charge in [-0.15, -0.1) is 0 Å². The topological polar surface area (TPSA) is 41.1 Å². The Morgan fingerprint density at radius 2 is 1.47 bits per heavy atom. The summed E-state index contributed by atoms with van der Waals surface area (Å²) in [4.78, 5) is 13.1. The molecule has 2 N–H and O–H groups in total. The first-order valence-electron chi connectivity index (χ1n) is 13.4. The maximum absolute atomic E-state index is 13.1. The normalized spacial score (nSPS) is 31.2. The lowest BCUT2D eigenvalue weighted by Crippen LogP contribution is -2.56. The molecule has 1 amide bonds. The molecule has 1 saturated heterocycles. The summed E-state index contributed by atoms with van der Waals surface area (Å²) < 4.78 is 0. The minimum absolute atomic E-state index is 0.233. The van der Waals surface area contributed by atoms with Crippen molar-refractivity contribution in [3.05, 3.63) is 0 Å². The van der Waals surface area contributed by atoms with Gasteiger partial charge in [-0.05, 0) is 81.6 Å². The summed E-state index contributed by atoms with van der Waals surface area (Å²) in [6, 6.07) is 0.422. The summed E-state index contributed by atoms with van der Waals surface area (Å²) in [5.74, 6) is 1.72. The Morgan fingerprint density at radius 3 is 2.07 bits per heavy atom. The van der Waals surface area contributed by atoms with Gasteiger partial charge in [-0.3, -0.25) is 4.79 Å². The number of rotatable bonds is 4. The van der Waals surface area contributed by atoms with Crippen LogP contribution in [-0.4, -0.2) is 24.0 Å². The highest BCUT2D eigenvalue weighted by molar-refractivity contribution is 5.76. The molecule has 0 aromatic rings. The zero-order chi connectivity index (χ0) is 21.5. The van der Waals surface area contributed by atoms with Crippen LogP contribution in [-0.2, 0) is 4.79 Å². The van der Waals surface area contributed by atoms with Gasteiger partial charge in [0.15, 0.2) is 0 Å². The van der Waals surface area contributed by atoms with Crippen LogP contribution < -0.4 is 10.6 Å². The highest BCUT2D eigenvalue weighted by atomic mass is 16.1. The lowest BCUT2D eigenvalue weighted by molar-refractivity contribution is -0.124. The van der Waals surface area contributed by atoms with E-state index in [-0.39, 0.29) is 5.54 Å². The third kappa shape index (κ3) is 7.53. The number of carbonyl (C=O) groups is 1. The second-order valence-corrected chi connectivity index (χ2v) is 12.2. The van der Waals surface area contributed by atoms with Crippen LogP contribution in [0.4, 0.5) is 0 Å². The molecule has 174 valence electrons. The van der Waals surface area contributed by atoms with E-state index in [2.05, 4.69) is 31.4 Å². The van der Waals surface area contributed by atoms with Crippen LogP contribution in [0.3, 0.4) is 0 Å². The van der Waals surface area contributed by atoms with Crippen LogP contribution in [0.25, 0.3) is 0 Å². The molecule has 3 rings (SSSR count). The molecule has 0 bridgehead atoms. The Labute approximate surface area is 186 Å². The number of carbonyl (C=O) groups excluding carboxylic acids is 1. The number of hydrogen-bond donors (Lipinski definition) is 2. The van der Waals surface area contributed by atoms with Gasteiger partial charge in [0.1, 0.15) is 0 Å². The Hall–Kier alpha value is -0.570. The van der Waals surface area contributed by atoms with Crippen LogP contribution in [0.5, 0.6) is 0 Å². The number of amides is 1. The predicted octanol–water partition coefficient (Wildman–Crippen LogP) is 6.75. The van der Waals surface area contributed by atoms with E-state index >= 15 is 0 Å². The molecule has 1 unspecified atom stereocenters. The Bertz CT molecular complexity index is 505. The van der Waals surface area contributed by atoms with Crippen molar-refractivity contribution in [2.45, 2.75) is 142 Å². The number of hydrogen-bond acceptors (Lipinski definition) is 2. The van der Waals surface area contributed by atoms with E-state index in [1.807, 2.05) is 0 Å². The van der Waals surface area contributed by atoms with E-state index in [9.17, 15) is 4.79 Å². The molecule has 0 aromatic carbocycles. The van der Waals surface area contributed by atoms with Crippen molar-refractivity contribution in [3.63, 3.8) is 0 Å². The zero-order valence-corrected chi connectivity index (χ0v) is 20.4. The van der Waals surface area contributed by atoms with Gasteiger partial charge in [-0.2, -0.15) is 0 Å². The van der Waals surface area contributed by atoms with Gasteiger partial charge in [0.2, 0.25) is 5.91 Å². The van der Waals surface area contributed by atoms with Gasteiger partial charge in [0.05, 0.1) is 0 Å². The third-order valence-corrected chi connectivity index (χ3v) is 8.28. The van der Waals surface area contributed by atoms with Crippen molar-refractivity contribution in [1.29, 1.82) is 0 Å². The van der Waals surface area contributed by atoms with Crippen molar-refractivity contribution in [1.82, 2.24) is 10.6 Å². The van der Waals surface area contributed by atoms with Gasteiger partial charge in [-0.1, -0.05) is 65.7 Å². The van der Waals surface area contributed by atoms with Gasteiger partial charge in [0.25, 0.3) is 0 Å². The van der Waals surface area contributed by atoms with Gasteiger partial charge < -0.3 is 10.6 Å². The minimum Gasteiger partial charge on any atom is -0.353 e. The van der Waals surface area contributed by atoms with E-state index in [0.717, 1.165) is 18.9 Å². The third-order valence-electron chi connectivity index (χ3n) is 8.28. The van der Waals surface area contributed by atoms with E-state index in [4.69, 9.17) is 0 Å². The van der Waals surface area contributed by atoms with Crippen LogP contribution in [0, 0.1) is 17.3 Å². The van der Waals surface area contributed by atoms with Gasteiger partial charge in [0, 0.05) is 18.0 Å². The van der Waals surface area contributed by atoms with Gasteiger partial charge in [-0.25, -0.2) is 0 Å². The Morgan fingerprint density at radius 1 is 0.867 bits per heavy atom. The summed E-state index contributed by atoms with van der Waals surface area (Å²) >= 11 is 0. The Kier molecular flexibility index (Phi) is 9.10. The molecule has 3 nitrogen and oxygen atoms in total. The molecule has 2 aliphatic carbocycles. The SMILES string of the molecule is CC(C)(C)C[C@H]1CC[C@H](NC(=O)CC2CCCNC23CCCCCCCCC3)CC1. The molecule has 1 atom stereocenters. The summed E-state index contributed by atoms with van der Waals surface area (Å²) in [7, 11) is 0. The van der Waals surface area contributed by atoms with Crippen molar-refractivity contribution < 1.29 is 4.79 Å². The van der Waals surface area contributed by atoms with Crippen LogP contribution in [0.1, 0.15) is 130 Å². The fraction of sp³-hybridized carbons (Fsp3) is 0.963. The molecule has 0 aromatic heterocycles. The fourth-order valence-electron chi connectivity index (χ4n) is 6.77. The molecule has 1 spiro atoms. The second-order valence-electron chi connectivity index (χ2n) is 12.2. The predicted molar refractivity (Wildman–Crippen MR) is 128 cm³/mol. The highest BCUT2D eigenvalue weighted by Crippen LogP contribution is 2.39. The molecule has 3 fully saturated rings. The first-order chi connectivity index (χ1) is 14.4. The standard InChI is InChI=1S/C27H50N2O/c1-26(2,3)21-22-13-15-24(16-14-22)29-25(30)20-23-12-11-19-28-27(23)17-9-7-5-4-6-8-10-18-27/h22-24,28H,4-21H2,1-3H3,(H,29,30)/t22-,23?,24-. The number of piperidine rings is 1. The minimum atomic E-state index is 0.233. The lowest BCUT2D eigenvalue weighted by atomic mass is 9.70. The average molecular weight is 419 g/mol. The van der Waals surface area contributed by atoms with Crippen LogP contribution in [0.15, 0.2) is 0 Å². The van der Waals surface area contributed by atoms with E-state index < -0.39 is 0 Å². The van der Waals surface area contributed by atoms with E-state index in [1.165, 1.54) is 103 Å². The monoisotopic (exact) mass is 418 g/mol. The Balaban J connectivity index is 1.50. The largest absolute Gasteiger partial charge is 0.353 e. The highest BCUT2D eigenvalue weighted by Gasteiger charge is 2.40. The lowest BCUT2D eigenvalue weighted by Gasteiger charge is -2.46. The van der Waals surface area contributed by atoms with Crippen molar-refractivity contribution in [2.75, 3.05) is 6.54 Å². The smallest absolute Gasteiger partial charge is 0.220 e. The van der Waals surface area contributed by atoms with Crippen LogP contribution in [0.2, 0.25) is 0 Å². The summed E-state index contributed by atoms with van der Waals surface area (Å²) in [6.07, 6.45) is 21.7. The summed E-state index contributed by atoms with van der Waals surface area (Å²) in [5, 5.41) is 7.41. The maximum atomic E-state index is 13.1. The number of nitrogens with one attached hydrogen (secondary N) is 2. The van der Waals surface area contributed by atoms with E-state index in [0.29, 0.717) is 23.3 Å². The first-order valence-corrected chi connectivity index (χ1v) is 13.4. The zero-order valence-electron chi connectivity index (χ0n) is 20.4. The summed E-state index contributed by atoms with van der Waals surface area (Å²) in [5.41, 5.74) is 0.663. The summed E-state index contributed by atoms with van der Waals surface area (Å²) in [6.45, 7) is 8.21. The molecule has 1 heterocycles. The van der Waals surface area contributed by atoms with Crippen molar-refractivity contribution in [3.8, 4) is 0 Å². The van der Waals surface area contributed by atoms with Crippen LogP contribution >= 0.6 is 0 Å². The molecule has 2 saturated carbocycles. The molecule has 3 aliphatic rings. The molecular weight excluding hydrogens is 368 g/mol. The molecule has 3 heteroatoms.